The van der Waals surface area contributed by atoms with E-state index in [4.69, 9.17) is 0 Å². The van der Waals surface area contributed by atoms with Crippen LogP contribution < -0.4 is 10.2 Å². The minimum Gasteiger partial charge on any atom is -0.346 e. The number of carbonyl (C=O) groups is 1. The highest BCUT2D eigenvalue weighted by Gasteiger charge is 2.36. The molecule has 0 radical (unpaired) electrons. The van der Waals surface area contributed by atoms with E-state index in [2.05, 4.69) is 30.5 Å². The summed E-state index contributed by atoms with van der Waals surface area (Å²) >= 11 is 0. The van der Waals surface area contributed by atoms with Gasteiger partial charge in [0.15, 0.2) is 0 Å². The van der Waals surface area contributed by atoms with E-state index in [9.17, 15) is 4.79 Å². The average Bonchev–Trinajstić information content (AvgIpc) is 3.20. The normalized spacial score (nSPS) is 22.6. The number of nitrogens with zero attached hydrogens (tertiary/aromatic N) is 6. The minimum absolute atomic E-state index is 0.00430. The quantitative estimate of drug-likeness (QED) is 0.837. The molecule has 25 heavy (non-hydrogen) atoms. The number of aromatic nitrogens is 5. The summed E-state index contributed by atoms with van der Waals surface area (Å²) in [6.45, 7) is 3.26. The smallest absolute Gasteiger partial charge is 0.244 e. The van der Waals surface area contributed by atoms with Crippen LogP contribution in [0, 0.1) is 6.92 Å². The lowest BCUT2D eigenvalue weighted by Crippen LogP contribution is -2.41. The fourth-order valence-electron chi connectivity index (χ4n) is 3.28. The Hall–Kier alpha value is -2.77. The second-order valence-electron chi connectivity index (χ2n) is 6.62. The average molecular weight is 339 g/mol. The van der Waals surface area contributed by atoms with Crippen molar-refractivity contribution in [2.45, 2.75) is 38.3 Å². The van der Waals surface area contributed by atoms with Gasteiger partial charge in [-0.3, -0.25) is 4.79 Å². The molecule has 2 aliphatic rings. The molecule has 1 saturated carbocycles. The van der Waals surface area contributed by atoms with E-state index in [1.165, 1.54) is 12.0 Å². The number of amides is 1. The summed E-state index contributed by atoms with van der Waals surface area (Å²) in [6.07, 6.45) is 10.2. The van der Waals surface area contributed by atoms with Gasteiger partial charge >= 0.3 is 0 Å². The number of rotatable bonds is 4. The highest BCUT2D eigenvalue weighted by molar-refractivity contribution is 5.88. The molecule has 8 heteroatoms. The van der Waals surface area contributed by atoms with Gasteiger partial charge in [0.1, 0.15) is 0 Å². The van der Waals surface area contributed by atoms with Crippen LogP contribution in [0.1, 0.15) is 31.0 Å². The molecule has 1 aliphatic carbocycles. The summed E-state index contributed by atoms with van der Waals surface area (Å²) in [5.41, 5.74) is 2.15. The number of allylic oxidation sites excluding steroid dienone is 1. The summed E-state index contributed by atoms with van der Waals surface area (Å²) in [6, 6.07) is 1.80. The number of aryl methyl sites for hydroxylation is 1. The number of hydrogen-bond acceptors (Lipinski definition) is 6. The van der Waals surface area contributed by atoms with Crippen molar-refractivity contribution in [3.8, 4) is 0 Å². The molecule has 0 aromatic carbocycles. The monoisotopic (exact) mass is 339 g/mol. The van der Waals surface area contributed by atoms with E-state index in [-0.39, 0.29) is 18.0 Å². The predicted molar refractivity (Wildman–Crippen MR) is 91.9 cm³/mol. The zero-order valence-corrected chi connectivity index (χ0v) is 14.2. The maximum Gasteiger partial charge on any atom is 0.244 e. The van der Waals surface area contributed by atoms with E-state index < -0.39 is 0 Å². The number of anilines is 1. The van der Waals surface area contributed by atoms with Gasteiger partial charge in [0.25, 0.3) is 0 Å². The summed E-state index contributed by atoms with van der Waals surface area (Å²) in [5.74, 6) is 0.649. The van der Waals surface area contributed by atoms with Crippen LogP contribution in [0.2, 0.25) is 0 Å². The molecule has 0 unspecified atom stereocenters. The van der Waals surface area contributed by atoms with Crippen LogP contribution in [0.15, 0.2) is 36.3 Å². The van der Waals surface area contributed by atoms with Gasteiger partial charge < -0.3 is 10.2 Å². The first-order chi connectivity index (χ1) is 12.2. The maximum absolute atomic E-state index is 12.3. The van der Waals surface area contributed by atoms with Crippen molar-refractivity contribution in [1.29, 1.82) is 0 Å². The van der Waals surface area contributed by atoms with Gasteiger partial charge in [-0.1, -0.05) is 10.8 Å². The molecule has 1 aliphatic heterocycles. The van der Waals surface area contributed by atoms with Gasteiger partial charge in [-0.05, 0) is 32.3 Å². The molecule has 1 N–H and O–H groups in total. The maximum atomic E-state index is 12.3. The van der Waals surface area contributed by atoms with Crippen molar-refractivity contribution in [2.75, 3.05) is 18.0 Å². The molecule has 2 aromatic rings. The Morgan fingerprint density at radius 3 is 2.88 bits per heavy atom. The summed E-state index contributed by atoms with van der Waals surface area (Å²) < 4.78 is 1.80. The van der Waals surface area contributed by atoms with Crippen LogP contribution in [-0.4, -0.2) is 50.0 Å². The molecular weight excluding hydrogens is 318 g/mol. The van der Waals surface area contributed by atoms with E-state index in [0.29, 0.717) is 19.0 Å². The molecule has 2 atom stereocenters. The highest BCUT2D eigenvalue weighted by atomic mass is 16.1. The van der Waals surface area contributed by atoms with Crippen molar-refractivity contribution < 1.29 is 4.79 Å². The Morgan fingerprint density at radius 2 is 2.20 bits per heavy atom. The third-order valence-electron chi connectivity index (χ3n) is 4.79. The third-order valence-corrected chi connectivity index (χ3v) is 4.79. The number of hydrogen-bond donors (Lipinski definition) is 1. The first-order valence-electron chi connectivity index (χ1n) is 8.59. The lowest BCUT2D eigenvalue weighted by Gasteiger charge is -2.20. The van der Waals surface area contributed by atoms with Crippen LogP contribution in [0.3, 0.4) is 0 Å². The standard InChI is InChI=1S/C17H21N7O/c1-12-5-6-18-17(20-12)23-10-14(15(11-23)24-8-7-19-22-24)21-16(25)9-13-3-2-4-13/h5-9,14-15H,2-4,10-11H2,1H3,(H,21,25)/t14-,15+/m1/s1. The topological polar surface area (TPSA) is 88.8 Å². The fourth-order valence-corrected chi connectivity index (χ4v) is 3.28. The molecule has 0 bridgehead atoms. The first kappa shape index (κ1) is 15.7. The number of carbonyl (C=O) groups excluding carboxylic acids is 1. The minimum atomic E-state index is -0.0739. The molecular formula is C17H21N7O. The molecule has 130 valence electrons. The van der Waals surface area contributed by atoms with Gasteiger partial charge in [0, 0.05) is 37.3 Å². The second kappa shape index (κ2) is 6.62. The predicted octanol–water partition coefficient (Wildman–Crippen LogP) is 1.03. The number of nitrogens with one attached hydrogen (secondary N) is 1. The van der Waals surface area contributed by atoms with Crippen molar-refractivity contribution in [2.24, 2.45) is 0 Å². The van der Waals surface area contributed by atoms with Crippen molar-refractivity contribution in [3.63, 3.8) is 0 Å². The molecule has 4 rings (SSSR count). The summed E-state index contributed by atoms with van der Waals surface area (Å²) in [5, 5.41) is 11.2. The molecule has 8 nitrogen and oxygen atoms in total. The van der Waals surface area contributed by atoms with E-state index in [1.54, 1.807) is 23.2 Å². The SMILES string of the molecule is Cc1ccnc(N2C[C@@H](NC(=O)C=C3CCC3)[C@@H](n3ccnn3)C2)n1. The molecule has 2 fully saturated rings. The van der Waals surface area contributed by atoms with Crippen LogP contribution in [0.4, 0.5) is 5.95 Å². The van der Waals surface area contributed by atoms with Gasteiger partial charge in [-0.15, -0.1) is 5.10 Å². The van der Waals surface area contributed by atoms with Crippen molar-refractivity contribution in [3.05, 3.63) is 42.0 Å². The molecule has 2 aromatic heterocycles. The zero-order chi connectivity index (χ0) is 17.2. The Bertz CT molecular complexity index is 780. The Labute approximate surface area is 146 Å². The lowest BCUT2D eigenvalue weighted by atomic mass is 9.92. The van der Waals surface area contributed by atoms with Gasteiger partial charge in [0.05, 0.1) is 18.3 Å². The Balaban J connectivity index is 1.53. The molecule has 3 heterocycles. The van der Waals surface area contributed by atoms with E-state index >= 15 is 0 Å². The van der Waals surface area contributed by atoms with Gasteiger partial charge in [-0.25, -0.2) is 14.6 Å². The molecule has 0 spiro atoms. The van der Waals surface area contributed by atoms with Crippen molar-refractivity contribution in [1.82, 2.24) is 30.3 Å². The third kappa shape index (κ3) is 3.38. The second-order valence-corrected chi connectivity index (χ2v) is 6.62. The summed E-state index contributed by atoms with van der Waals surface area (Å²) in [4.78, 5) is 23.3. The zero-order valence-electron chi connectivity index (χ0n) is 14.2. The fraction of sp³-hybridized carbons (Fsp3) is 0.471. The van der Waals surface area contributed by atoms with Gasteiger partial charge in [-0.2, -0.15) is 0 Å². The Morgan fingerprint density at radius 1 is 1.32 bits per heavy atom. The lowest BCUT2D eigenvalue weighted by molar-refractivity contribution is -0.117. The Kier molecular flexibility index (Phi) is 4.17. The summed E-state index contributed by atoms with van der Waals surface area (Å²) in [7, 11) is 0. The van der Waals surface area contributed by atoms with Crippen LogP contribution in [-0.2, 0) is 4.79 Å². The van der Waals surface area contributed by atoms with Crippen LogP contribution in [0.5, 0.6) is 0 Å². The van der Waals surface area contributed by atoms with E-state index in [0.717, 1.165) is 18.5 Å². The highest BCUT2D eigenvalue weighted by Crippen LogP contribution is 2.26. The van der Waals surface area contributed by atoms with Gasteiger partial charge in [0.2, 0.25) is 11.9 Å². The van der Waals surface area contributed by atoms with Crippen molar-refractivity contribution >= 4 is 11.9 Å². The van der Waals surface area contributed by atoms with Crippen LogP contribution >= 0.6 is 0 Å². The largest absolute Gasteiger partial charge is 0.346 e. The molecule has 1 amide bonds. The first-order valence-corrected chi connectivity index (χ1v) is 8.59. The molecule has 1 saturated heterocycles. The van der Waals surface area contributed by atoms with E-state index in [1.807, 2.05) is 19.2 Å². The van der Waals surface area contributed by atoms with Crippen LogP contribution in [0.25, 0.3) is 0 Å².